The van der Waals surface area contributed by atoms with Crippen LogP contribution in [0.25, 0.3) is 16.6 Å². The predicted octanol–water partition coefficient (Wildman–Crippen LogP) is 5.39. The van der Waals surface area contributed by atoms with Gasteiger partial charge in [0.1, 0.15) is 23.0 Å². The summed E-state index contributed by atoms with van der Waals surface area (Å²) in [7, 11) is 0. The van der Waals surface area contributed by atoms with Crippen molar-refractivity contribution in [2.45, 2.75) is 39.8 Å². The normalized spacial score (nSPS) is 14.7. The summed E-state index contributed by atoms with van der Waals surface area (Å²) in [5, 5.41) is 0.602. The number of halogens is 3. The average Bonchev–Trinajstić information content (AvgIpc) is 2.80. The van der Waals surface area contributed by atoms with Crippen molar-refractivity contribution in [1.82, 2.24) is 19.4 Å². The Balaban J connectivity index is 1.73. The molecular weight excluding hydrogens is 567 g/mol. The monoisotopic (exact) mass is 594 g/mol. The molecule has 0 bridgehead atoms. The van der Waals surface area contributed by atoms with Crippen molar-refractivity contribution in [1.29, 1.82) is 0 Å². The van der Waals surface area contributed by atoms with Gasteiger partial charge in [0.15, 0.2) is 0 Å². The Morgan fingerprint density at radius 1 is 1.16 bits per heavy atom. The van der Waals surface area contributed by atoms with E-state index in [2.05, 4.69) is 20.8 Å². The topological polar surface area (TPSA) is 76.9 Å². The molecule has 3 aromatic rings. The zero-order chi connectivity index (χ0) is 26.9. The predicted molar refractivity (Wildman–Crippen MR) is 144 cm³/mol. The van der Waals surface area contributed by atoms with Crippen molar-refractivity contribution < 1.29 is 18.7 Å². The van der Waals surface area contributed by atoms with Crippen LogP contribution >= 0.6 is 27.5 Å². The molecular formula is C26H29BrClFN4O4. The largest absolute Gasteiger partial charge is 0.492 e. The van der Waals surface area contributed by atoms with Gasteiger partial charge in [-0.3, -0.25) is 14.3 Å². The lowest BCUT2D eigenvalue weighted by molar-refractivity contribution is 0.0136. The van der Waals surface area contributed by atoms with Crippen LogP contribution in [0.1, 0.15) is 33.5 Å². The van der Waals surface area contributed by atoms with Crippen LogP contribution < -0.4 is 10.3 Å². The highest BCUT2D eigenvalue weighted by Gasteiger charge is 2.27. The average molecular weight is 596 g/mol. The van der Waals surface area contributed by atoms with Gasteiger partial charge in [-0.2, -0.15) is 0 Å². The lowest BCUT2D eigenvalue weighted by Crippen LogP contribution is -2.50. The molecule has 0 N–H and O–H groups in total. The molecule has 198 valence electrons. The number of rotatable bonds is 5. The quantitative estimate of drug-likeness (QED) is 0.394. The van der Waals surface area contributed by atoms with Gasteiger partial charge in [0, 0.05) is 41.7 Å². The molecule has 37 heavy (non-hydrogen) atoms. The van der Waals surface area contributed by atoms with E-state index in [-0.39, 0.29) is 11.5 Å². The fraction of sp³-hybridized carbons (Fsp3) is 0.423. The number of amides is 1. The summed E-state index contributed by atoms with van der Waals surface area (Å²) < 4.78 is 27.4. The number of benzene rings is 2. The van der Waals surface area contributed by atoms with E-state index in [9.17, 15) is 14.0 Å². The zero-order valence-electron chi connectivity index (χ0n) is 21.2. The van der Waals surface area contributed by atoms with Gasteiger partial charge in [-0.05, 0) is 67.9 Å². The van der Waals surface area contributed by atoms with Crippen molar-refractivity contribution in [2.75, 3.05) is 32.8 Å². The number of carbonyl (C=O) groups excluding carboxylic acids is 1. The van der Waals surface area contributed by atoms with Crippen molar-refractivity contribution in [3.05, 3.63) is 61.8 Å². The second-order valence-corrected chi connectivity index (χ2v) is 11.0. The maximum absolute atomic E-state index is 14.2. The lowest BCUT2D eigenvalue weighted by atomic mass is 10.2. The molecule has 2 aromatic carbocycles. The molecule has 0 saturated carbocycles. The van der Waals surface area contributed by atoms with Gasteiger partial charge < -0.3 is 14.4 Å². The van der Waals surface area contributed by atoms with Crippen LogP contribution in [-0.2, 0) is 11.3 Å². The molecule has 8 nitrogen and oxygen atoms in total. The summed E-state index contributed by atoms with van der Waals surface area (Å²) in [6.07, 6.45) is -0.346. The van der Waals surface area contributed by atoms with Crippen molar-refractivity contribution in [3.8, 4) is 11.4 Å². The summed E-state index contributed by atoms with van der Waals surface area (Å²) >= 11 is 9.56. The van der Waals surface area contributed by atoms with E-state index in [4.69, 9.17) is 26.1 Å². The third-order valence-corrected chi connectivity index (χ3v) is 6.65. The van der Waals surface area contributed by atoms with Gasteiger partial charge in [0.05, 0.1) is 29.7 Å². The van der Waals surface area contributed by atoms with E-state index < -0.39 is 17.0 Å². The van der Waals surface area contributed by atoms with E-state index in [1.165, 1.54) is 16.7 Å². The van der Waals surface area contributed by atoms with E-state index in [1.54, 1.807) is 23.1 Å². The molecule has 4 rings (SSSR count). The van der Waals surface area contributed by atoms with Crippen LogP contribution in [0, 0.1) is 5.82 Å². The third-order valence-electron chi connectivity index (χ3n) is 5.81. The first-order valence-corrected chi connectivity index (χ1v) is 13.2. The first-order valence-electron chi connectivity index (χ1n) is 12.0. The second-order valence-electron chi connectivity index (χ2n) is 9.74. The Morgan fingerprint density at radius 3 is 2.51 bits per heavy atom. The van der Waals surface area contributed by atoms with E-state index in [0.717, 1.165) is 0 Å². The van der Waals surface area contributed by atoms with Crippen LogP contribution in [0.3, 0.4) is 0 Å². The van der Waals surface area contributed by atoms with E-state index in [1.807, 2.05) is 27.7 Å². The summed E-state index contributed by atoms with van der Waals surface area (Å²) in [4.78, 5) is 34.8. The number of carbonyl (C=O) groups is 1. The molecule has 0 atom stereocenters. The standard InChI is InChI=1S/C26H29BrClFN4O4/c1-5-36-21-12-16(28)6-7-20(21)33-22(30-23-18(24(33)34)13-17(29)14-19(23)27)15-31-8-10-32(11-9-31)25(35)37-26(2,3)4/h6-7,12-14H,5,8-11,15H2,1-4H3. The number of fused-ring (bicyclic) bond motifs is 1. The zero-order valence-corrected chi connectivity index (χ0v) is 23.5. The summed E-state index contributed by atoms with van der Waals surface area (Å²) in [5.74, 6) is 0.334. The first kappa shape index (κ1) is 27.3. The Bertz CT molecular complexity index is 1380. The number of hydrogen-bond donors (Lipinski definition) is 0. The summed E-state index contributed by atoms with van der Waals surface area (Å²) in [6, 6.07) is 7.48. The second kappa shape index (κ2) is 11.0. The fourth-order valence-electron chi connectivity index (χ4n) is 4.17. The molecule has 1 aliphatic heterocycles. The SMILES string of the molecule is CCOc1cc(Cl)ccc1-n1c(CN2CCN(C(=O)OC(C)(C)C)CC2)nc2c(Br)cc(F)cc2c1=O. The highest BCUT2D eigenvalue weighted by atomic mass is 79.9. The molecule has 1 saturated heterocycles. The Hall–Kier alpha value is -2.69. The fourth-order valence-corrected chi connectivity index (χ4v) is 4.86. The minimum absolute atomic E-state index is 0.141. The molecule has 1 amide bonds. The van der Waals surface area contributed by atoms with Crippen molar-refractivity contribution in [3.63, 3.8) is 0 Å². The van der Waals surface area contributed by atoms with Gasteiger partial charge in [-0.15, -0.1) is 0 Å². The molecule has 1 aromatic heterocycles. The first-order chi connectivity index (χ1) is 17.5. The molecule has 1 fully saturated rings. The van der Waals surface area contributed by atoms with Crippen molar-refractivity contribution >= 4 is 44.5 Å². The van der Waals surface area contributed by atoms with Gasteiger partial charge in [-0.25, -0.2) is 14.2 Å². The Labute approximate surface area is 228 Å². The van der Waals surface area contributed by atoms with E-state index in [0.29, 0.717) is 71.6 Å². The molecule has 0 aliphatic carbocycles. The Kier molecular flexibility index (Phi) is 8.11. The van der Waals surface area contributed by atoms with Crippen LogP contribution in [0.5, 0.6) is 5.75 Å². The highest BCUT2D eigenvalue weighted by molar-refractivity contribution is 9.10. The highest BCUT2D eigenvalue weighted by Crippen LogP contribution is 2.29. The molecule has 2 heterocycles. The molecule has 0 spiro atoms. The minimum Gasteiger partial charge on any atom is -0.492 e. The van der Waals surface area contributed by atoms with Gasteiger partial charge in [-0.1, -0.05) is 11.6 Å². The number of ether oxygens (including phenoxy) is 2. The number of aromatic nitrogens is 2. The Morgan fingerprint density at radius 2 is 1.86 bits per heavy atom. The molecule has 1 aliphatic rings. The maximum atomic E-state index is 14.2. The van der Waals surface area contributed by atoms with Crippen LogP contribution in [0.4, 0.5) is 9.18 Å². The summed E-state index contributed by atoms with van der Waals surface area (Å²) in [5.41, 5.74) is -0.149. The van der Waals surface area contributed by atoms with Crippen LogP contribution in [0.2, 0.25) is 5.02 Å². The lowest BCUT2D eigenvalue weighted by Gasteiger charge is -2.35. The molecule has 0 radical (unpaired) electrons. The van der Waals surface area contributed by atoms with Crippen molar-refractivity contribution in [2.24, 2.45) is 0 Å². The van der Waals surface area contributed by atoms with Gasteiger partial charge in [0.2, 0.25) is 0 Å². The van der Waals surface area contributed by atoms with Gasteiger partial charge in [0.25, 0.3) is 5.56 Å². The minimum atomic E-state index is -0.566. The van der Waals surface area contributed by atoms with Crippen LogP contribution in [0.15, 0.2) is 39.6 Å². The summed E-state index contributed by atoms with van der Waals surface area (Å²) in [6.45, 7) is 10.1. The number of hydrogen-bond acceptors (Lipinski definition) is 6. The maximum Gasteiger partial charge on any atom is 0.410 e. The van der Waals surface area contributed by atoms with Gasteiger partial charge >= 0.3 is 6.09 Å². The third kappa shape index (κ3) is 6.25. The smallest absolute Gasteiger partial charge is 0.410 e. The molecule has 11 heteroatoms. The number of nitrogens with zero attached hydrogens (tertiary/aromatic N) is 4. The van der Waals surface area contributed by atoms with Crippen LogP contribution in [-0.4, -0.2) is 63.8 Å². The molecule has 0 unspecified atom stereocenters. The number of piperazine rings is 1. The van der Waals surface area contributed by atoms with E-state index >= 15 is 0 Å².